The van der Waals surface area contributed by atoms with Gasteiger partial charge < -0.3 is 15.8 Å². The van der Waals surface area contributed by atoms with Crippen LogP contribution in [-0.2, 0) is 4.74 Å². The van der Waals surface area contributed by atoms with E-state index in [9.17, 15) is 0 Å². The first kappa shape index (κ1) is 8.88. The van der Waals surface area contributed by atoms with Gasteiger partial charge in [-0.1, -0.05) is 0 Å². The lowest BCUT2D eigenvalue weighted by Gasteiger charge is -2.00. The Morgan fingerprint density at radius 2 is 2.22 bits per heavy atom. The average Bonchev–Trinajstić information content (AvgIpc) is 1.89. The summed E-state index contributed by atoms with van der Waals surface area (Å²) in [5.41, 5.74) is 5.25. The standard InChI is InChI=1S/C6H16N2O/c1-8-4-6-9-5-2-3-7/h8H,2-7H2,1H3. The molecule has 0 aromatic rings. The number of hydrogen-bond acceptors (Lipinski definition) is 3. The molecular weight excluding hydrogens is 116 g/mol. The van der Waals surface area contributed by atoms with Crippen molar-refractivity contribution in [3.05, 3.63) is 0 Å². The van der Waals surface area contributed by atoms with Crippen LogP contribution in [0.5, 0.6) is 0 Å². The van der Waals surface area contributed by atoms with Crippen molar-refractivity contribution in [1.82, 2.24) is 5.32 Å². The molecule has 0 amide bonds. The summed E-state index contributed by atoms with van der Waals surface area (Å²) >= 11 is 0. The van der Waals surface area contributed by atoms with Gasteiger partial charge in [-0.3, -0.25) is 0 Å². The molecular formula is C6H16N2O. The van der Waals surface area contributed by atoms with Crippen molar-refractivity contribution in [3.63, 3.8) is 0 Å². The molecule has 0 rings (SSSR count). The molecule has 0 aliphatic heterocycles. The van der Waals surface area contributed by atoms with Crippen LogP contribution in [0.4, 0.5) is 0 Å². The Bertz CT molecular complexity index is 44.3. The monoisotopic (exact) mass is 132 g/mol. The summed E-state index contributed by atoms with van der Waals surface area (Å²) < 4.78 is 5.17. The van der Waals surface area contributed by atoms with E-state index in [2.05, 4.69) is 5.32 Å². The lowest BCUT2D eigenvalue weighted by Crippen LogP contribution is -2.15. The molecule has 0 aromatic heterocycles. The zero-order valence-electron chi connectivity index (χ0n) is 6.02. The summed E-state index contributed by atoms with van der Waals surface area (Å²) in [7, 11) is 1.91. The van der Waals surface area contributed by atoms with E-state index in [1.165, 1.54) is 0 Å². The SMILES string of the molecule is CNCCOCCCN. The van der Waals surface area contributed by atoms with Crippen LogP contribution in [0.15, 0.2) is 0 Å². The van der Waals surface area contributed by atoms with Gasteiger partial charge in [-0.05, 0) is 20.0 Å². The van der Waals surface area contributed by atoms with Crippen molar-refractivity contribution in [2.24, 2.45) is 5.73 Å². The van der Waals surface area contributed by atoms with Crippen LogP contribution in [0.1, 0.15) is 6.42 Å². The van der Waals surface area contributed by atoms with Crippen molar-refractivity contribution in [2.45, 2.75) is 6.42 Å². The zero-order chi connectivity index (χ0) is 6.95. The molecule has 0 unspecified atom stereocenters. The predicted molar refractivity (Wildman–Crippen MR) is 38.4 cm³/mol. The first-order valence-corrected chi connectivity index (χ1v) is 3.34. The van der Waals surface area contributed by atoms with Gasteiger partial charge in [0, 0.05) is 13.2 Å². The third-order valence-electron chi connectivity index (χ3n) is 0.989. The third kappa shape index (κ3) is 7.88. The van der Waals surface area contributed by atoms with Gasteiger partial charge in [-0.15, -0.1) is 0 Å². The Hall–Kier alpha value is -0.120. The Balaban J connectivity index is 2.60. The summed E-state index contributed by atoms with van der Waals surface area (Å²) in [5.74, 6) is 0. The van der Waals surface area contributed by atoms with Crippen molar-refractivity contribution < 1.29 is 4.74 Å². The Labute approximate surface area is 56.6 Å². The molecule has 56 valence electrons. The number of likely N-dealkylation sites (N-methyl/N-ethyl adjacent to an activating group) is 1. The molecule has 0 spiro atoms. The quantitative estimate of drug-likeness (QED) is 0.482. The number of nitrogens with two attached hydrogens (primary N) is 1. The number of rotatable bonds is 6. The van der Waals surface area contributed by atoms with Crippen LogP contribution in [0.3, 0.4) is 0 Å². The third-order valence-corrected chi connectivity index (χ3v) is 0.989. The van der Waals surface area contributed by atoms with Crippen molar-refractivity contribution in [2.75, 3.05) is 33.4 Å². The topological polar surface area (TPSA) is 47.3 Å². The van der Waals surface area contributed by atoms with Crippen molar-refractivity contribution in [1.29, 1.82) is 0 Å². The minimum absolute atomic E-state index is 0.722. The van der Waals surface area contributed by atoms with Crippen LogP contribution >= 0.6 is 0 Å². The normalized spacial score (nSPS) is 10.0. The minimum Gasteiger partial charge on any atom is -0.380 e. The van der Waals surface area contributed by atoms with Gasteiger partial charge in [0.1, 0.15) is 0 Å². The van der Waals surface area contributed by atoms with E-state index >= 15 is 0 Å². The Kier molecular flexibility index (Phi) is 7.77. The van der Waals surface area contributed by atoms with E-state index in [1.807, 2.05) is 7.05 Å². The summed E-state index contributed by atoms with van der Waals surface area (Å²) in [6, 6.07) is 0. The zero-order valence-corrected chi connectivity index (χ0v) is 6.02. The fraction of sp³-hybridized carbons (Fsp3) is 1.00. The highest BCUT2D eigenvalue weighted by molar-refractivity contribution is 4.38. The largest absolute Gasteiger partial charge is 0.380 e. The number of nitrogens with one attached hydrogen (secondary N) is 1. The molecule has 0 saturated carbocycles. The van der Waals surface area contributed by atoms with Crippen LogP contribution in [0, 0.1) is 0 Å². The van der Waals surface area contributed by atoms with Crippen molar-refractivity contribution >= 4 is 0 Å². The van der Waals surface area contributed by atoms with E-state index in [-0.39, 0.29) is 0 Å². The van der Waals surface area contributed by atoms with Crippen LogP contribution in [0.2, 0.25) is 0 Å². The molecule has 3 nitrogen and oxygen atoms in total. The fourth-order valence-corrected chi connectivity index (χ4v) is 0.462. The van der Waals surface area contributed by atoms with Gasteiger partial charge in [0.2, 0.25) is 0 Å². The van der Waals surface area contributed by atoms with Gasteiger partial charge in [-0.25, -0.2) is 0 Å². The smallest absolute Gasteiger partial charge is 0.0590 e. The first-order valence-electron chi connectivity index (χ1n) is 3.34. The van der Waals surface area contributed by atoms with E-state index < -0.39 is 0 Å². The maximum absolute atomic E-state index is 5.25. The van der Waals surface area contributed by atoms with Gasteiger partial charge in [0.25, 0.3) is 0 Å². The summed E-state index contributed by atoms with van der Waals surface area (Å²) in [6.07, 6.45) is 0.962. The molecule has 0 fully saturated rings. The van der Waals surface area contributed by atoms with Gasteiger partial charge >= 0.3 is 0 Å². The second-order valence-electron chi connectivity index (χ2n) is 1.86. The van der Waals surface area contributed by atoms with Gasteiger partial charge in [-0.2, -0.15) is 0 Å². The highest BCUT2D eigenvalue weighted by Crippen LogP contribution is 1.76. The molecule has 0 bridgehead atoms. The number of ether oxygens (including phenoxy) is 1. The maximum Gasteiger partial charge on any atom is 0.0590 e. The second kappa shape index (κ2) is 7.88. The molecule has 0 aromatic carbocycles. The lowest BCUT2D eigenvalue weighted by atomic mass is 10.5. The second-order valence-corrected chi connectivity index (χ2v) is 1.86. The highest BCUT2D eigenvalue weighted by Gasteiger charge is 1.83. The average molecular weight is 132 g/mol. The van der Waals surface area contributed by atoms with E-state index in [0.717, 1.165) is 32.7 Å². The van der Waals surface area contributed by atoms with Crippen LogP contribution in [0.25, 0.3) is 0 Å². The molecule has 0 aliphatic rings. The fourth-order valence-electron chi connectivity index (χ4n) is 0.462. The Morgan fingerprint density at radius 1 is 1.44 bits per heavy atom. The summed E-state index contributed by atoms with van der Waals surface area (Å²) in [6.45, 7) is 3.22. The lowest BCUT2D eigenvalue weighted by molar-refractivity contribution is 0.136. The van der Waals surface area contributed by atoms with E-state index in [1.54, 1.807) is 0 Å². The minimum atomic E-state index is 0.722. The summed E-state index contributed by atoms with van der Waals surface area (Å²) in [4.78, 5) is 0. The van der Waals surface area contributed by atoms with Gasteiger partial charge in [0.15, 0.2) is 0 Å². The Morgan fingerprint density at radius 3 is 2.78 bits per heavy atom. The molecule has 3 N–H and O–H groups in total. The van der Waals surface area contributed by atoms with Gasteiger partial charge in [0.05, 0.1) is 6.61 Å². The molecule has 0 radical (unpaired) electrons. The molecule has 0 saturated heterocycles. The van der Waals surface area contributed by atoms with E-state index in [4.69, 9.17) is 10.5 Å². The summed E-state index contributed by atoms with van der Waals surface area (Å²) in [5, 5.41) is 2.99. The first-order chi connectivity index (χ1) is 4.41. The number of hydrogen-bond donors (Lipinski definition) is 2. The molecule has 0 atom stereocenters. The predicted octanol–water partition coefficient (Wildman–Crippen LogP) is -0.429. The molecule has 0 aliphatic carbocycles. The highest BCUT2D eigenvalue weighted by atomic mass is 16.5. The molecule has 0 heterocycles. The van der Waals surface area contributed by atoms with Crippen LogP contribution < -0.4 is 11.1 Å². The van der Waals surface area contributed by atoms with E-state index in [0.29, 0.717) is 0 Å². The molecule has 9 heavy (non-hydrogen) atoms. The maximum atomic E-state index is 5.25. The van der Waals surface area contributed by atoms with Crippen molar-refractivity contribution in [3.8, 4) is 0 Å². The molecule has 3 heteroatoms. The van der Waals surface area contributed by atoms with Crippen LogP contribution in [-0.4, -0.2) is 33.4 Å².